The summed E-state index contributed by atoms with van der Waals surface area (Å²) >= 11 is 0. The Bertz CT molecular complexity index is 363. The van der Waals surface area contributed by atoms with Crippen LogP contribution in [0.3, 0.4) is 0 Å². The average Bonchev–Trinajstić information content (AvgIpc) is 2.41. The first-order chi connectivity index (χ1) is 8.86. The number of rotatable bonds is 5. The summed E-state index contributed by atoms with van der Waals surface area (Å²) in [6.07, 6.45) is 10.5. The molecule has 1 aromatic heterocycles. The summed E-state index contributed by atoms with van der Waals surface area (Å²) in [7, 11) is 2.00. The lowest BCUT2D eigenvalue weighted by Crippen LogP contribution is -2.40. The largest absolute Gasteiger partial charge is 0.367 e. The van der Waals surface area contributed by atoms with Crippen LogP contribution in [0.2, 0.25) is 0 Å². The Balaban J connectivity index is 2.21. The minimum Gasteiger partial charge on any atom is -0.367 e. The summed E-state index contributed by atoms with van der Waals surface area (Å²) in [5, 5.41) is 3.26. The van der Waals surface area contributed by atoms with Gasteiger partial charge in [0.2, 0.25) is 0 Å². The Labute approximate surface area is 111 Å². The Morgan fingerprint density at radius 1 is 1.44 bits per heavy atom. The van der Waals surface area contributed by atoms with Crippen molar-refractivity contribution in [1.82, 2.24) is 10.3 Å². The van der Waals surface area contributed by atoms with Crippen LogP contribution in [0, 0.1) is 0 Å². The van der Waals surface area contributed by atoms with E-state index in [4.69, 9.17) is 0 Å². The molecule has 3 nitrogen and oxygen atoms in total. The van der Waals surface area contributed by atoms with Crippen LogP contribution in [0.1, 0.15) is 44.6 Å². The molecule has 2 heterocycles. The molecule has 1 atom stereocenters. The van der Waals surface area contributed by atoms with Crippen molar-refractivity contribution >= 4 is 5.69 Å². The highest BCUT2D eigenvalue weighted by molar-refractivity contribution is 5.52. The van der Waals surface area contributed by atoms with Crippen LogP contribution in [-0.4, -0.2) is 24.6 Å². The molecule has 18 heavy (non-hydrogen) atoms. The molecular weight excluding hydrogens is 222 g/mol. The predicted octanol–water partition coefficient (Wildman–Crippen LogP) is 2.96. The summed E-state index contributed by atoms with van der Waals surface area (Å²) < 4.78 is 0. The molecule has 0 spiro atoms. The summed E-state index contributed by atoms with van der Waals surface area (Å²) in [4.78, 5) is 6.92. The molecule has 0 bridgehead atoms. The van der Waals surface area contributed by atoms with E-state index in [0.29, 0.717) is 6.04 Å². The smallest absolute Gasteiger partial charge is 0.0600 e. The monoisotopic (exact) mass is 247 g/mol. The fourth-order valence-electron chi connectivity index (χ4n) is 2.96. The van der Waals surface area contributed by atoms with E-state index in [0.717, 1.165) is 6.54 Å². The SMILES string of the molecule is CCCC1CCCCN1c1cnccc1CNC. The van der Waals surface area contributed by atoms with Crippen molar-refractivity contribution in [3.8, 4) is 0 Å². The first-order valence-corrected chi connectivity index (χ1v) is 7.21. The van der Waals surface area contributed by atoms with Crippen molar-refractivity contribution < 1.29 is 0 Å². The molecule has 1 unspecified atom stereocenters. The molecule has 0 radical (unpaired) electrons. The van der Waals surface area contributed by atoms with Crippen LogP contribution in [0.4, 0.5) is 5.69 Å². The van der Waals surface area contributed by atoms with Crippen molar-refractivity contribution in [2.24, 2.45) is 0 Å². The van der Waals surface area contributed by atoms with E-state index in [2.05, 4.69) is 28.2 Å². The van der Waals surface area contributed by atoms with Gasteiger partial charge in [0.25, 0.3) is 0 Å². The van der Waals surface area contributed by atoms with Crippen molar-refractivity contribution in [3.05, 3.63) is 24.0 Å². The molecule has 1 aromatic rings. The van der Waals surface area contributed by atoms with E-state index in [1.807, 2.05) is 19.4 Å². The summed E-state index contributed by atoms with van der Waals surface area (Å²) in [6.45, 7) is 4.39. The Hall–Kier alpha value is -1.09. The number of nitrogens with one attached hydrogen (secondary N) is 1. The Morgan fingerprint density at radius 2 is 2.33 bits per heavy atom. The van der Waals surface area contributed by atoms with Crippen LogP contribution in [0.5, 0.6) is 0 Å². The number of hydrogen-bond acceptors (Lipinski definition) is 3. The number of nitrogens with zero attached hydrogens (tertiary/aromatic N) is 2. The van der Waals surface area contributed by atoms with Gasteiger partial charge in [0.05, 0.1) is 11.9 Å². The molecule has 1 aliphatic heterocycles. The lowest BCUT2D eigenvalue weighted by molar-refractivity contribution is 0.433. The second kappa shape index (κ2) is 6.74. The molecule has 1 fully saturated rings. The number of anilines is 1. The van der Waals surface area contributed by atoms with E-state index < -0.39 is 0 Å². The van der Waals surface area contributed by atoms with Crippen LogP contribution in [0.25, 0.3) is 0 Å². The van der Waals surface area contributed by atoms with Gasteiger partial charge in [0, 0.05) is 25.3 Å². The van der Waals surface area contributed by atoms with Gasteiger partial charge >= 0.3 is 0 Å². The minimum absolute atomic E-state index is 0.712. The normalized spacial score (nSPS) is 20.1. The van der Waals surface area contributed by atoms with Crippen LogP contribution >= 0.6 is 0 Å². The second-order valence-corrected chi connectivity index (χ2v) is 5.17. The molecule has 2 rings (SSSR count). The molecule has 100 valence electrons. The highest BCUT2D eigenvalue weighted by Crippen LogP contribution is 2.29. The van der Waals surface area contributed by atoms with E-state index in [9.17, 15) is 0 Å². The Kier molecular flexibility index (Phi) is 5.00. The average molecular weight is 247 g/mol. The van der Waals surface area contributed by atoms with E-state index in [-0.39, 0.29) is 0 Å². The van der Waals surface area contributed by atoms with Gasteiger partial charge in [0.15, 0.2) is 0 Å². The van der Waals surface area contributed by atoms with Crippen molar-refractivity contribution in [2.45, 2.75) is 51.6 Å². The molecule has 0 aliphatic carbocycles. The highest BCUT2D eigenvalue weighted by Gasteiger charge is 2.23. The van der Waals surface area contributed by atoms with Gasteiger partial charge in [-0.2, -0.15) is 0 Å². The molecule has 0 aromatic carbocycles. The van der Waals surface area contributed by atoms with Crippen LogP contribution in [-0.2, 0) is 6.54 Å². The maximum absolute atomic E-state index is 4.33. The third-order valence-electron chi connectivity index (χ3n) is 3.81. The van der Waals surface area contributed by atoms with Gasteiger partial charge in [0.1, 0.15) is 0 Å². The maximum atomic E-state index is 4.33. The van der Waals surface area contributed by atoms with Gasteiger partial charge < -0.3 is 10.2 Å². The van der Waals surface area contributed by atoms with Gasteiger partial charge in [-0.15, -0.1) is 0 Å². The highest BCUT2D eigenvalue weighted by atomic mass is 15.2. The van der Waals surface area contributed by atoms with Gasteiger partial charge in [-0.05, 0) is 44.4 Å². The third kappa shape index (κ3) is 3.02. The van der Waals surface area contributed by atoms with E-state index in [1.54, 1.807) is 0 Å². The zero-order chi connectivity index (χ0) is 12.8. The lowest BCUT2D eigenvalue weighted by atomic mass is 9.97. The zero-order valence-corrected chi connectivity index (χ0v) is 11.7. The minimum atomic E-state index is 0.712. The fraction of sp³-hybridized carbons (Fsp3) is 0.667. The molecule has 0 saturated carbocycles. The molecule has 1 saturated heterocycles. The van der Waals surface area contributed by atoms with Gasteiger partial charge in [-0.3, -0.25) is 4.98 Å². The summed E-state index contributed by atoms with van der Waals surface area (Å²) in [5.74, 6) is 0. The van der Waals surface area contributed by atoms with Crippen molar-refractivity contribution in [2.75, 3.05) is 18.5 Å². The van der Waals surface area contributed by atoms with Gasteiger partial charge in [-0.1, -0.05) is 13.3 Å². The third-order valence-corrected chi connectivity index (χ3v) is 3.81. The summed E-state index contributed by atoms with van der Waals surface area (Å²) in [6, 6.07) is 2.85. The van der Waals surface area contributed by atoms with E-state index in [1.165, 1.54) is 49.9 Å². The van der Waals surface area contributed by atoms with Crippen LogP contribution < -0.4 is 10.2 Å². The van der Waals surface area contributed by atoms with Crippen molar-refractivity contribution in [1.29, 1.82) is 0 Å². The zero-order valence-electron chi connectivity index (χ0n) is 11.7. The molecule has 3 heteroatoms. The first-order valence-electron chi connectivity index (χ1n) is 7.21. The fourth-order valence-corrected chi connectivity index (χ4v) is 2.96. The quantitative estimate of drug-likeness (QED) is 0.867. The number of piperidine rings is 1. The topological polar surface area (TPSA) is 28.2 Å². The molecule has 1 N–H and O–H groups in total. The van der Waals surface area contributed by atoms with Crippen molar-refractivity contribution in [3.63, 3.8) is 0 Å². The standard InChI is InChI=1S/C15H25N3/c1-3-6-14-7-4-5-10-18(14)15-12-17-9-8-13(15)11-16-2/h8-9,12,14,16H,3-7,10-11H2,1-2H3. The van der Waals surface area contributed by atoms with Gasteiger partial charge in [-0.25, -0.2) is 0 Å². The predicted molar refractivity (Wildman–Crippen MR) is 76.9 cm³/mol. The van der Waals surface area contributed by atoms with E-state index >= 15 is 0 Å². The number of pyridine rings is 1. The molecule has 1 aliphatic rings. The molecular formula is C15H25N3. The first kappa shape index (κ1) is 13.3. The maximum Gasteiger partial charge on any atom is 0.0600 e. The summed E-state index contributed by atoms with van der Waals surface area (Å²) in [5.41, 5.74) is 2.71. The lowest BCUT2D eigenvalue weighted by Gasteiger charge is -2.38. The Morgan fingerprint density at radius 3 is 3.11 bits per heavy atom. The number of aromatic nitrogens is 1. The molecule has 0 amide bonds. The van der Waals surface area contributed by atoms with Crippen LogP contribution in [0.15, 0.2) is 18.5 Å². The number of hydrogen-bond donors (Lipinski definition) is 1. The second-order valence-electron chi connectivity index (χ2n) is 5.17.